The molecule has 1 N–H and O–H groups in total. The zero-order chi connectivity index (χ0) is 13.7. The third-order valence-electron chi connectivity index (χ3n) is 3.61. The van der Waals surface area contributed by atoms with Crippen molar-refractivity contribution < 1.29 is 4.74 Å². The molecular weight excluding hydrogens is 278 g/mol. The van der Waals surface area contributed by atoms with Crippen molar-refractivity contribution in [1.82, 2.24) is 5.32 Å². The molecule has 1 fully saturated rings. The van der Waals surface area contributed by atoms with Crippen LogP contribution in [0, 0.1) is 12.8 Å². The third-order valence-corrected chi connectivity index (χ3v) is 4.99. The maximum Gasteiger partial charge on any atom is 0.124 e. The van der Waals surface area contributed by atoms with Crippen LogP contribution < -0.4 is 10.1 Å². The van der Waals surface area contributed by atoms with E-state index in [1.807, 2.05) is 36.9 Å². The minimum atomic E-state index is 0.275. The maximum atomic E-state index is 6.27. The zero-order valence-corrected chi connectivity index (χ0v) is 13.2. The van der Waals surface area contributed by atoms with Gasteiger partial charge in [0.15, 0.2) is 0 Å². The molecule has 0 amide bonds. The molecular formula is C15H22ClNOS. The molecule has 0 unspecified atom stereocenters. The van der Waals surface area contributed by atoms with E-state index < -0.39 is 0 Å². The molecule has 19 heavy (non-hydrogen) atoms. The minimum absolute atomic E-state index is 0.275. The lowest BCUT2D eigenvalue weighted by Crippen LogP contribution is -2.31. The highest BCUT2D eigenvalue weighted by atomic mass is 35.5. The fourth-order valence-corrected chi connectivity index (χ4v) is 3.35. The normalized spacial score (nSPS) is 20.5. The summed E-state index contributed by atoms with van der Waals surface area (Å²) in [4.78, 5) is 0. The van der Waals surface area contributed by atoms with E-state index in [4.69, 9.17) is 16.3 Å². The van der Waals surface area contributed by atoms with Gasteiger partial charge in [-0.1, -0.05) is 24.6 Å². The van der Waals surface area contributed by atoms with Crippen LogP contribution in [0.1, 0.15) is 18.9 Å². The molecule has 1 aromatic rings. The summed E-state index contributed by atoms with van der Waals surface area (Å²) >= 11 is 8.11. The van der Waals surface area contributed by atoms with Crippen LogP contribution >= 0.6 is 23.4 Å². The van der Waals surface area contributed by atoms with Crippen molar-refractivity contribution in [2.75, 3.05) is 24.6 Å². The van der Waals surface area contributed by atoms with E-state index in [0.29, 0.717) is 5.92 Å². The monoisotopic (exact) mass is 299 g/mol. The van der Waals surface area contributed by atoms with Gasteiger partial charge in [-0.25, -0.2) is 0 Å². The Kier molecular flexibility index (Phi) is 5.86. The predicted octanol–water partition coefficient (Wildman–Crippen LogP) is 3.76. The smallest absolute Gasteiger partial charge is 0.124 e. The molecule has 1 saturated heterocycles. The molecule has 0 spiro atoms. The second-order valence-electron chi connectivity index (χ2n) is 4.93. The molecule has 0 bridgehead atoms. The second-order valence-corrected chi connectivity index (χ2v) is 6.66. The average Bonchev–Trinajstić information content (AvgIpc) is 2.93. The summed E-state index contributed by atoms with van der Waals surface area (Å²) in [5.74, 6) is 3.72. The van der Waals surface area contributed by atoms with Gasteiger partial charge in [-0.05, 0) is 37.8 Å². The van der Waals surface area contributed by atoms with Crippen molar-refractivity contribution in [2.45, 2.75) is 26.4 Å². The van der Waals surface area contributed by atoms with Crippen molar-refractivity contribution in [1.29, 1.82) is 0 Å². The molecule has 1 aliphatic rings. The highest BCUT2D eigenvalue weighted by Crippen LogP contribution is 2.29. The van der Waals surface area contributed by atoms with Crippen LogP contribution in [0.3, 0.4) is 0 Å². The van der Waals surface area contributed by atoms with Gasteiger partial charge in [-0.3, -0.25) is 0 Å². The largest absolute Gasteiger partial charge is 0.489 e. The Morgan fingerprint density at radius 1 is 1.53 bits per heavy atom. The number of rotatable bonds is 6. The first-order valence-corrected chi connectivity index (χ1v) is 8.46. The van der Waals surface area contributed by atoms with E-state index in [1.165, 1.54) is 6.42 Å². The van der Waals surface area contributed by atoms with Crippen LogP contribution in [-0.4, -0.2) is 30.7 Å². The molecule has 0 saturated carbocycles. The van der Waals surface area contributed by atoms with Crippen LogP contribution in [0.2, 0.25) is 5.02 Å². The minimum Gasteiger partial charge on any atom is -0.489 e. The van der Waals surface area contributed by atoms with Crippen molar-refractivity contribution in [3.05, 3.63) is 28.8 Å². The number of benzene rings is 1. The Labute approximate surface area is 125 Å². The van der Waals surface area contributed by atoms with Gasteiger partial charge in [-0.2, -0.15) is 11.8 Å². The maximum absolute atomic E-state index is 6.27. The quantitative estimate of drug-likeness (QED) is 0.864. The summed E-state index contributed by atoms with van der Waals surface area (Å²) < 4.78 is 6.27. The molecule has 106 valence electrons. The molecule has 2 atom stereocenters. The molecule has 2 nitrogen and oxygen atoms in total. The zero-order valence-electron chi connectivity index (χ0n) is 11.6. The summed E-state index contributed by atoms with van der Waals surface area (Å²) in [6, 6.07) is 5.89. The molecule has 4 heteroatoms. The fraction of sp³-hybridized carbons (Fsp3) is 0.600. The predicted molar refractivity (Wildman–Crippen MR) is 84.6 cm³/mol. The van der Waals surface area contributed by atoms with Gasteiger partial charge in [-0.15, -0.1) is 0 Å². The second kappa shape index (κ2) is 7.41. The Hall–Kier alpha value is -0.380. The Morgan fingerprint density at radius 2 is 2.37 bits per heavy atom. The van der Waals surface area contributed by atoms with Crippen LogP contribution in [0.4, 0.5) is 0 Å². The van der Waals surface area contributed by atoms with Crippen LogP contribution in [0.25, 0.3) is 0 Å². The Bertz CT molecular complexity index is 407. The molecule has 2 rings (SSSR count). The van der Waals surface area contributed by atoms with Gasteiger partial charge in [0.25, 0.3) is 0 Å². The van der Waals surface area contributed by atoms with E-state index in [9.17, 15) is 0 Å². The lowest BCUT2D eigenvalue weighted by molar-refractivity contribution is 0.164. The van der Waals surface area contributed by atoms with Crippen molar-refractivity contribution in [3.8, 4) is 5.75 Å². The van der Waals surface area contributed by atoms with Gasteiger partial charge in [0.2, 0.25) is 0 Å². The van der Waals surface area contributed by atoms with E-state index in [2.05, 4.69) is 12.2 Å². The van der Waals surface area contributed by atoms with E-state index in [-0.39, 0.29) is 6.10 Å². The number of nitrogens with one attached hydrogen (secondary N) is 1. The molecule has 1 heterocycles. The summed E-state index contributed by atoms with van der Waals surface area (Å²) in [6.45, 7) is 6.39. The summed E-state index contributed by atoms with van der Waals surface area (Å²) in [5.41, 5.74) is 1.04. The molecule has 0 aromatic heterocycles. The van der Waals surface area contributed by atoms with E-state index in [1.54, 1.807) is 0 Å². The Balaban J connectivity index is 2.07. The summed E-state index contributed by atoms with van der Waals surface area (Å²) in [7, 11) is 0. The highest BCUT2D eigenvalue weighted by molar-refractivity contribution is 7.99. The lowest BCUT2D eigenvalue weighted by atomic mass is 10.0. The van der Waals surface area contributed by atoms with Crippen LogP contribution in [0.15, 0.2) is 18.2 Å². The lowest BCUT2D eigenvalue weighted by Gasteiger charge is -2.25. The summed E-state index contributed by atoms with van der Waals surface area (Å²) in [6.07, 6.45) is 1.48. The number of hydrogen-bond acceptors (Lipinski definition) is 3. The van der Waals surface area contributed by atoms with Gasteiger partial charge in [0.05, 0.1) is 0 Å². The SMILES string of the molecule is CCSC[C@@H](Oc1cccc(Cl)c1C)[C@H]1CCNC1. The van der Waals surface area contributed by atoms with Gasteiger partial charge in [0.1, 0.15) is 11.9 Å². The third kappa shape index (κ3) is 4.04. The number of hydrogen-bond donors (Lipinski definition) is 1. The van der Waals surface area contributed by atoms with Crippen molar-refractivity contribution in [2.24, 2.45) is 5.92 Å². The van der Waals surface area contributed by atoms with Gasteiger partial charge >= 0.3 is 0 Å². The first-order chi connectivity index (χ1) is 9.22. The number of halogens is 1. The average molecular weight is 300 g/mol. The van der Waals surface area contributed by atoms with E-state index in [0.717, 1.165) is 40.9 Å². The first-order valence-electron chi connectivity index (χ1n) is 6.92. The van der Waals surface area contributed by atoms with Crippen molar-refractivity contribution >= 4 is 23.4 Å². The van der Waals surface area contributed by atoms with Gasteiger partial charge < -0.3 is 10.1 Å². The van der Waals surface area contributed by atoms with Crippen LogP contribution in [-0.2, 0) is 0 Å². The number of ether oxygens (including phenoxy) is 1. The van der Waals surface area contributed by atoms with Gasteiger partial charge in [0, 0.05) is 28.8 Å². The fourth-order valence-electron chi connectivity index (χ4n) is 2.37. The standard InChI is InChI=1S/C15H22ClNOS/c1-3-19-10-15(12-7-8-17-9-12)18-14-6-4-5-13(16)11(14)2/h4-6,12,15,17H,3,7-10H2,1-2H3/t12-,15+/m0/s1. The van der Waals surface area contributed by atoms with E-state index >= 15 is 0 Å². The molecule has 0 aliphatic carbocycles. The summed E-state index contributed by atoms with van der Waals surface area (Å²) in [5, 5.41) is 4.21. The number of thioether (sulfide) groups is 1. The molecule has 0 radical (unpaired) electrons. The van der Waals surface area contributed by atoms with Crippen LogP contribution in [0.5, 0.6) is 5.75 Å². The topological polar surface area (TPSA) is 21.3 Å². The highest BCUT2D eigenvalue weighted by Gasteiger charge is 2.26. The van der Waals surface area contributed by atoms with Crippen molar-refractivity contribution in [3.63, 3.8) is 0 Å². The molecule has 1 aromatic carbocycles. The Morgan fingerprint density at radius 3 is 3.05 bits per heavy atom. The molecule has 1 aliphatic heterocycles. The first kappa shape index (κ1) is 15.0.